The van der Waals surface area contributed by atoms with E-state index in [1.807, 2.05) is 11.0 Å². The summed E-state index contributed by atoms with van der Waals surface area (Å²) in [5, 5.41) is 20.9. The van der Waals surface area contributed by atoms with Crippen molar-refractivity contribution in [2.75, 3.05) is 24.5 Å². The van der Waals surface area contributed by atoms with Gasteiger partial charge in [-0.25, -0.2) is 4.79 Å². The maximum Gasteiger partial charge on any atom is 0.327 e. The molecule has 88 valence electrons. The van der Waals surface area contributed by atoms with Gasteiger partial charge in [0.15, 0.2) is 0 Å². The Morgan fingerprint density at radius 2 is 2.18 bits per heavy atom. The Hall–Kier alpha value is -2.06. The molecule has 1 fully saturated rings. The van der Waals surface area contributed by atoms with E-state index in [1.54, 1.807) is 24.3 Å². The van der Waals surface area contributed by atoms with Crippen LogP contribution in [0.25, 0.3) is 0 Å². The molecule has 5 heteroatoms. The van der Waals surface area contributed by atoms with Crippen molar-refractivity contribution in [1.29, 1.82) is 5.26 Å². The lowest BCUT2D eigenvalue weighted by Gasteiger charge is -2.35. The normalized spacial score (nSPS) is 19.7. The van der Waals surface area contributed by atoms with Gasteiger partial charge >= 0.3 is 5.97 Å². The number of carboxylic acid groups (broad SMARTS) is 1. The Morgan fingerprint density at radius 3 is 2.76 bits per heavy atom. The summed E-state index contributed by atoms with van der Waals surface area (Å²) in [4.78, 5) is 13.0. The highest BCUT2D eigenvalue weighted by Crippen LogP contribution is 2.19. The molecule has 0 spiro atoms. The number of hydrogen-bond donors (Lipinski definition) is 2. The molecule has 0 aliphatic carbocycles. The molecule has 2 rings (SSSR count). The molecule has 1 aliphatic heterocycles. The van der Waals surface area contributed by atoms with E-state index in [-0.39, 0.29) is 0 Å². The first-order chi connectivity index (χ1) is 8.22. The van der Waals surface area contributed by atoms with Crippen molar-refractivity contribution >= 4 is 11.7 Å². The van der Waals surface area contributed by atoms with Crippen molar-refractivity contribution in [3.8, 4) is 6.07 Å². The third kappa shape index (κ3) is 2.37. The van der Waals surface area contributed by atoms with Gasteiger partial charge in [-0.2, -0.15) is 5.26 Å². The molecule has 2 N–H and O–H groups in total. The van der Waals surface area contributed by atoms with Crippen LogP contribution in [0.5, 0.6) is 0 Å². The summed E-state index contributed by atoms with van der Waals surface area (Å²) >= 11 is 0. The molecular formula is C12H13N3O2. The van der Waals surface area contributed by atoms with Crippen LogP contribution in [0.15, 0.2) is 24.3 Å². The van der Waals surface area contributed by atoms with Crippen LogP contribution in [-0.2, 0) is 4.79 Å². The second kappa shape index (κ2) is 4.85. The molecule has 1 atom stereocenters. The van der Waals surface area contributed by atoms with Crippen LogP contribution in [0, 0.1) is 11.3 Å². The number of rotatable bonds is 2. The van der Waals surface area contributed by atoms with Gasteiger partial charge in [-0.3, -0.25) is 0 Å². The predicted molar refractivity (Wildman–Crippen MR) is 62.8 cm³/mol. The Bertz CT molecular complexity index is 450. The van der Waals surface area contributed by atoms with Crippen LogP contribution >= 0.6 is 0 Å². The Kier molecular flexibility index (Phi) is 3.26. The second-order valence-electron chi connectivity index (χ2n) is 3.91. The fraction of sp³-hybridized carbons (Fsp3) is 0.333. The summed E-state index contributed by atoms with van der Waals surface area (Å²) in [6, 6.07) is 8.49. The van der Waals surface area contributed by atoms with Crippen LogP contribution in [0.3, 0.4) is 0 Å². The lowest BCUT2D eigenvalue weighted by molar-refractivity contribution is -0.138. The largest absolute Gasteiger partial charge is 0.480 e. The summed E-state index contributed by atoms with van der Waals surface area (Å²) in [6.07, 6.45) is 0. The van der Waals surface area contributed by atoms with Gasteiger partial charge in [-0.05, 0) is 24.3 Å². The number of nitrogens with zero attached hydrogens (tertiary/aromatic N) is 2. The lowest BCUT2D eigenvalue weighted by atomic mass is 10.1. The van der Waals surface area contributed by atoms with Gasteiger partial charge in [0, 0.05) is 25.3 Å². The highest BCUT2D eigenvalue weighted by Gasteiger charge is 2.28. The van der Waals surface area contributed by atoms with Crippen molar-refractivity contribution in [1.82, 2.24) is 5.32 Å². The summed E-state index contributed by atoms with van der Waals surface area (Å²) in [7, 11) is 0. The summed E-state index contributed by atoms with van der Waals surface area (Å²) in [5.41, 5.74) is 1.42. The summed E-state index contributed by atoms with van der Waals surface area (Å²) < 4.78 is 0. The third-order valence-electron chi connectivity index (χ3n) is 2.86. The molecule has 0 aromatic heterocycles. The Balaban J connectivity index is 2.24. The average molecular weight is 231 g/mol. The predicted octanol–water partition coefficient (Wildman–Crippen LogP) is 0.421. The highest BCUT2D eigenvalue weighted by molar-refractivity contribution is 5.79. The van der Waals surface area contributed by atoms with Crippen molar-refractivity contribution in [2.24, 2.45) is 0 Å². The van der Waals surface area contributed by atoms with E-state index in [9.17, 15) is 4.79 Å². The zero-order chi connectivity index (χ0) is 12.3. The van der Waals surface area contributed by atoms with E-state index >= 15 is 0 Å². The number of nitriles is 1. The van der Waals surface area contributed by atoms with Crippen LogP contribution in [0.2, 0.25) is 0 Å². The number of nitrogens with one attached hydrogen (secondary N) is 1. The first-order valence-electron chi connectivity index (χ1n) is 5.42. The van der Waals surface area contributed by atoms with Gasteiger partial charge in [0.1, 0.15) is 6.04 Å². The van der Waals surface area contributed by atoms with E-state index < -0.39 is 12.0 Å². The molecule has 17 heavy (non-hydrogen) atoms. The summed E-state index contributed by atoms with van der Waals surface area (Å²) in [6.45, 7) is 1.86. The molecule has 0 bridgehead atoms. The number of carbonyl (C=O) groups is 1. The van der Waals surface area contributed by atoms with Crippen LogP contribution in [-0.4, -0.2) is 36.8 Å². The van der Waals surface area contributed by atoms with Gasteiger partial charge in [0.05, 0.1) is 11.6 Å². The first kappa shape index (κ1) is 11.4. The number of aliphatic carboxylic acids is 1. The SMILES string of the molecule is N#Cc1ccc(N2CCNCC2C(=O)O)cc1. The quantitative estimate of drug-likeness (QED) is 0.771. The molecule has 5 nitrogen and oxygen atoms in total. The van der Waals surface area contributed by atoms with Crippen molar-refractivity contribution in [3.05, 3.63) is 29.8 Å². The molecular weight excluding hydrogens is 218 g/mol. The maximum absolute atomic E-state index is 11.1. The number of piperazine rings is 1. The Morgan fingerprint density at radius 1 is 1.47 bits per heavy atom. The molecule has 0 amide bonds. The molecule has 1 heterocycles. The van der Waals surface area contributed by atoms with Crippen molar-refractivity contribution < 1.29 is 9.90 Å². The Labute approximate surface area is 99.3 Å². The van der Waals surface area contributed by atoms with Gasteiger partial charge in [-0.1, -0.05) is 0 Å². The summed E-state index contributed by atoms with van der Waals surface area (Å²) in [5.74, 6) is -0.832. The maximum atomic E-state index is 11.1. The number of hydrogen-bond acceptors (Lipinski definition) is 4. The van der Waals surface area contributed by atoms with Gasteiger partial charge in [-0.15, -0.1) is 0 Å². The molecule has 0 saturated carbocycles. The smallest absolute Gasteiger partial charge is 0.327 e. The van der Waals surface area contributed by atoms with Gasteiger partial charge in [0.2, 0.25) is 0 Å². The number of anilines is 1. The minimum absolute atomic E-state index is 0.440. The fourth-order valence-electron chi connectivity index (χ4n) is 1.96. The van der Waals surface area contributed by atoms with E-state index in [1.165, 1.54) is 0 Å². The van der Waals surface area contributed by atoms with Gasteiger partial charge < -0.3 is 15.3 Å². The van der Waals surface area contributed by atoms with E-state index in [0.29, 0.717) is 18.7 Å². The molecule has 1 aromatic carbocycles. The minimum Gasteiger partial charge on any atom is -0.480 e. The lowest BCUT2D eigenvalue weighted by Crippen LogP contribution is -2.55. The standard InChI is InChI=1S/C12H13N3O2/c13-7-9-1-3-10(4-2-9)15-6-5-14-8-11(15)12(16)17/h1-4,11,14H,5-6,8H2,(H,16,17). The van der Waals surface area contributed by atoms with Crippen LogP contribution < -0.4 is 10.2 Å². The number of carboxylic acids is 1. The van der Waals surface area contributed by atoms with E-state index in [4.69, 9.17) is 10.4 Å². The monoisotopic (exact) mass is 231 g/mol. The zero-order valence-electron chi connectivity index (χ0n) is 9.26. The molecule has 1 unspecified atom stereocenters. The topological polar surface area (TPSA) is 76.4 Å². The van der Waals surface area contributed by atoms with Crippen LogP contribution in [0.4, 0.5) is 5.69 Å². The van der Waals surface area contributed by atoms with Crippen LogP contribution in [0.1, 0.15) is 5.56 Å². The van der Waals surface area contributed by atoms with E-state index in [2.05, 4.69) is 5.32 Å². The number of benzene rings is 1. The van der Waals surface area contributed by atoms with E-state index in [0.717, 1.165) is 12.2 Å². The van der Waals surface area contributed by atoms with Crippen molar-refractivity contribution in [2.45, 2.75) is 6.04 Å². The molecule has 1 saturated heterocycles. The minimum atomic E-state index is -0.832. The highest BCUT2D eigenvalue weighted by atomic mass is 16.4. The fourth-order valence-corrected chi connectivity index (χ4v) is 1.96. The van der Waals surface area contributed by atoms with Crippen molar-refractivity contribution in [3.63, 3.8) is 0 Å². The molecule has 0 radical (unpaired) electrons. The average Bonchev–Trinajstić information content (AvgIpc) is 2.39. The molecule has 1 aromatic rings. The second-order valence-corrected chi connectivity index (χ2v) is 3.91. The third-order valence-corrected chi connectivity index (χ3v) is 2.86. The van der Waals surface area contributed by atoms with Gasteiger partial charge in [0.25, 0.3) is 0 Å². The first-order valence-corrected chi connectivity index (χ1v) is 5.42. The zero-order valence-corrected chi connectivity index (χ0v) is 9.26. The molecule has 1 aliphatic rings.